The van der Waals surface area contributed by atoms with E-state index in [1.807, 2.05) is 18.2 Å². The smallest absolute Gasteiger partial charge is 0.278 e. The van der Waals surface area contributed by atoms with Crippen LogP contribution in [0.15, 0.2) is 48.5 Å². The van der Waals surface area contributed by atoms with Gasteiger partial charge in [-0.1, -0.05) is 28.9 Å². The molecule has 0 fully saturated rings. The second-order valence-electron chi connectivity index (χ2n) is 5.07. The molecule has 6 nitrogen and oxygen atoms in total. The highest BCUT2D eigenvalue weighted by Gasteiger charge is 2.18. The zero-order chi connectivity index (χ0) is 17.1. The summed E-state index contributed by atoms with van der Waals surface area (Å²) in [7, 11) is 1.59. The highest BCUT2D eigenvalue weighted by atomic mass is 35.5. The van der Waals surface area contributed by atoms with E-state index in [-0.39, 0.29) is 11.6 Å². The molecule has 0 aliphatic rings. The van der Waals surface area contributed by atoms with Gasteiger partial charge in [-0.2, -0.15) is 0 Å². The quantitative estimate of drug-likeness (QED) is 0.788. The van der Waals surface area contributed by atoms with Crippen LogP contribution in [0.25, 0.3) is 5.69 Å². The van der Waals surface area contributed by atoms with Gasteiger partial charge in [0.2, 0.25) is 0 Å². The first-order valence-electron chi connectivity index (χ1n) is 7.23. The Kier molecular flexibility index (Phi) is 4.48. The molecule has 2 aromatic carbocycles. The predicted octanol–water partition coefficient (Wildman–Crippen LogP) is 3.49. The minimum Gasteiger partial charge on any atom is -0.497 e. The van der Waals surface area contributed by atoms with Crippen molar-refractivity contribution >= 4 is 23.2 Å². The number of ether oxygens (including phenoxy) is 1. The van der Waals surface area contributed by atoms with Crippen molar-refractivity contribution in [2.75, 3.05) is 12.4 Å². The Morgan fingerprint density at radius 2 is 1.88 bits per heavy atom. The molecule has 0 saturated carbocycles. The summed E-state index contributed by atoms with van der Waals surface area (Å²) in [4.78, 5) is 12.4. The van der Waals surface area contributed by atoms with Crippen molar-refractivity contribution in [2.24, 2.45) is 0 Å². The van der Waals surface area contributed by atoms with Crippen LogP contribution in [-0.2, 0) is 0 Å². The molecule has 0 spiro atoms. The van der Waals surface area contributed by atoms with Gasteiger partial charge in [0.15, 0.2) is 5.69 Å². The van der Waals surface area contributed by atoms with E-state index < -0.39 is 0 Å². The summed E-state index contributed by atoms with van der Waals surface area (Å²) in [5, 5.41) is 11.3. The molecule has 0 saturated heterocycles. The average Bonchev–Trinajstić information content (AvgIpc) is 2.97. The molecule has 7 heteroatoms. The summed E-state index contributed by atoms with van der Waals surface area (Å²) < 4.78 is 6.64. The van der Waals surface area contributed by atoms with Crippen LogP contribution in [0.5, 0.6) is 5.75 Å². The first-order chi connectivity index (χ1) is 11.6. The van der Waals surface area contributed by atoms with Crippen molar-refractivity contribution in [3.63, 3.8) is 0 Å². The molecule has 0 unspecified atom stereocenters. The molecule has 0 aliphatic heterocycles. The largest absolute Gasteiger partial charge is 0.497 e. The molecule has 0 atom stereocenters. The molecule has 122 valence electrons. The number of para-hydroxylation sites is 1. The lowest BCUT2D eigenvalue weighted by Gasteiger charge is -2.07. The number of amides is 1. The average molecular weight is 343 g/mol. The first kappa shape index (κ1) is 16.0. The summed E-state index contributed by atoms with van der Waals surface area (Å²) in [5.41, 5.74) is 2.17. The second kappa shape index (κ2) is 6.72. The van der Waals surface area contributed by atoms with Crippen LogP contribution in [0.4, 0.5) is 5.69 Å². The lowest BCUT2D eigenvalue weighted by Crippen LogP contribution is -2.14. The van der Waals surface area contributed by atoms with Crippen molar-refractivity contribution < 1.29 is 9.53 Å². The number of nitrogens with zero attached hydrogens (tertiary/aromatic N) is 3. The van der Waals surface area contributed by atoms with Crippen LogP contribution in [0.2, 0.25) is 5.02 Å². The Hall–Kier alpha value is -2.86. The third-order valence-electron chi connectivity index (χ3n) is 3.54. The minimum absolute atomic E-state index is 0.241. The summed E-state index contributed by atoms with van der Waals surface area (Å²) in [6.45, 7) is 1.77. The molecule has 0 aliphatic carbocycles. The van der Waals surface area contributed by atoms with Gasteiger partial charge in [-0.3, -0.25) is 4.79 Å². The zero-order valence-corrected chi connectivity index (χ0v) is 13.9. The van der Waals surface area contributed by atoms with Crippen LogP contribution in [0.1, 0.15) is 16.2 Å². The lowest BCUT2D eigenvalue weighted by molar-refractivity contribution is 0.102. The van der Waals surface area contributed by atoms with Crippen LogP contribution in [-0.4, -0.2) is 28.0 Å². The number of hydrogen-bond donors (Lipinski definition) is 1. The topological polar surface area (TPSA) is 69.0 Å². The molecular weight excluding hydrogens is 328 g/mol. The molecule has 3 rings (SSSR count). The van der Waals surface area contributed by atoms with E-state index in [4.69, 9.17) is 16.3 Å². The molecule has 1 N–H and O–H groups in total. The van der Waals surface area contributed by atoms with Crippen LogP contribution >= 0.6 is 11.6 Å². The zero-order valence-electron chi connectivity index (χ0n) is 13.2. The van der Waals surface area contributed by atoms with E-state index >= 15 is 0 Å². The van der Waals surface area contributed by atoms with Gasteiger partial charge in [0.1, 0.15) is 5.75 Å². The Balaban J connectivity index is 1.85. The standard InChI is InChI=1S/C17H15ClN4O2/c1-11-16(17(23)19-12-7-9-13(24-2)10-8-12)20-21-22(11)15-6-4-3-5-14(15)18/h3-10H,1-2H3,(H,19,23). The molecule has 1 aromatic heterocycles. The normalized spacial score (nSPS) is 10.5. The fourth-order valence-electron chi connectivity index (χ4n) is 2.26. The van der Waals surface area contributed by atoms with Crippen molar-refractivity contribution in [3.05, 3.63) is 64.9 Å². The molecule has 3 aromatic rings. The van der Waals surface area contributed by atoms with Gasteiger partial charge in [-0.25, -0.2) is 4.68 Å². The highest BCUT2D eigenvalue weighted by Crippen LogP contribution is 2.22. The molecule has 1 amide bonds. The fraction of sp³-hybridized carbons (Fsp3) is 0.118. The minimum atomic E-state index is -0.337. The van der Waals surface area contributed by atoms with Crippen LogP contribution < -0.4 is 10.1 Å². The van der Waals surface area contributed by atoms with E-state index in [0.29, 0.717) is 27.8 Å². The maximum atomic E-state index is 12.4. The van der Waals surface area contributed by atoms with Crippen molar-refractivity contribution in [3.8, 4) is 11.4 Å². The number of methoxy groups -OCH3 is 1. The maximum absolute atomic E-state index is 12.4. The number of anilines is 1. The molecule has 0 radical (unpaired) electrons. The van der Waals surface area contributed by atoms with Gasteiger partial charge in [-0.05, 0) is 43.3 Å². The van der Waals surface area contributed by atoms with Crippen molar-refractivity contribution in [1.29, 1.82) is 0 Å². The summed E-state index contributed by atoms with van der Waals surface area (Å²) in [6.07, 6.45) is 0. The molecule has 0 bridgehead atoms. The molecular formula is C17H15ClN4O2. The number of benzene rings is 2. The molecule has 24 heavy (non-hydrogen) atoms. The van der Waals surface area contributed by atoms with Crippen molar-refractivity contribution in [2.45, 2.75) is 6.92 Å². The number of nitrogens with one attached hydrogen (secondary N) is 1. The van der Waals surface area contributed by atoms with E-state index in [2.05, 4.69) is 15.6 Å². The second-order valence-corrected chi connectivity index (χ2v) is 5.48. The van der Waals surface area contributed by atoms with Gasteiger partial charge < -0.3 is 10.1 Å². The van der Waals surface area contributed by atoms with E-state index in [9.17, 15) is 4.79 Å². The maximum Gasteiger partial charge on any atom is 0.278 e. The van der Waals surface area contributed by atoms with Crippen molar-refractivity contribution in [1.82, 2.24) is 15.0 Å². The Morgan fingerprint density at radius 3 is 2.54 bits per heavy atom. The molecule has 1 heterocycles. The Bertz CT molecular complexity index is 875. The number of aromatic nitrogens is 3. The first-order valence-corrected chi connectivity index (χ1v) is 7.60. The van der Waals surface area contributed by atoms with E-state index in [0.717, 1.165) is 0 Å². The monoisotopic (exact) mass is 342 g/mol. The number of halogens is 1. The summed E-state index contributed by atoms with van der Waals surface area (Å²) in [6, 6.07) is 14.3. The van der Waals surface area contributed by atoms with E-state index in [1.165, 1.54) is 0 Å². The van der Waals surface area contributed by atoms with Gasteiger partial charge >= 0.3 is 0 Å². The van der Waals surface area contributed by atoms with Gasteiger partial charge in [0.05, 0.1) is 23.5 Å². The summed E-state index contributed by atoms with van der Waals surface area (Å²) >= 11 is 6.18. The fourth-order valence-corrected chi connectivity index (χ4v) is 2.47. The van der Waals surface area contributed by atoms with Crippen LogP contribution in [0.3, 0.4) is 0 Å². The summed E-state index contributed by atoms with van der Waals surface area (Å²) in [5.74, 6) is 0.379. The highest BCUT2D eigenvalue weighted by molar-refractivity contribution is 6.32. The van der Waals surface area contributed by atoms with Crippen LogP contribution in [0, 0.1) is 6.92 Å². The lowest BCUT2D eigenvalue weighted by atomic mass is 10.2. The third-order valence-corrected chi connectivity index (χ3v) is 3.86. The number of carbonyl (C=O) groups is 1. The number of carbonyl (C=O) groups excluding carboxylic acids is 1. The number of hydrogen-bond acceptors (Lipinski definition) is 4. The Morgan fingerprint density at radius 1 is 1.17 bits per heavy atom. The Labute approximate surface area is 144 Å². The van der Waals surface area contributed by atoms with E-state index in [1.54, 1.807) is 49.0 Å². The number of rotatable bonds is 4. The van der Waals surface area contributed by atoms with Gasteiger partial charge in [0, 0.05) is 5.69 Å². The predicted molar refractivity (Wildman–Crippen MR) is 92.1 cm³/mol. The SMILES string of the molecule is COc1ccc(NC(=O)c2nnn(-c3ccccc3Cl)c2C)cc1. The van der Waals surface area contributed by atoms with Gasteiger partial charge in [-0.15, -0.1) is 5.10 Å². The van der Waals surface area contributed by atoms with Gasteiger partial charge in [0.25, 0.3) is 5.91 Å². The third kappa shape index (κ3) is 3.09.